The molecule has 0 fully saturated rings. The highest BCUT2D eigenvalue weighted by Gasteiger charge is 2.08. The summed E-state index contributed by atoms with van der Waals surface area (Å²) >= 11 is 0. The van der Waals surface area contributed by atoms with Crippen LogP contribution in [0.4, 0.5) is 0 Å². The predicted octanol–water partition coefficient (Wildman–Crippen LogP) is 2.68. The molecule has 152 valence electrons. The Balaban J connectivity index is 1.64. The van der Waals surface area contributed by atoms with Crippen LogP contribution in [0, 0.1) is 0 Å². The van der Waals surface area contributed by atoms with Crippen LogP contribution in [-0.4, -0.2) is 34.2 Å². The van der Waals surface area contributed by atoms with Crippen molar-refractivity contribution in [1.29, 1.82) is 0 Å². The van der Waals surface area contributed by atoms with E-state index in [2.05, 4.69) is 0 Å². The van der Waals surface area contributed by atoms with Crippen LogP contribution in [0.5, 0.6) is 11.5 Å². The number of rotatable bonds is 11. The third-order valence-electron chi connectivity index (χ3n) is 3.78. The number of hydrogen-bond acceptors (Lipinski definition) is 6. The molecule has 0 aromatic heterocycles. The van der Waals surface area contributed by atoms with Crippen molar-refractivity contribution in [2.45, 2.75) is 31.1 Å². The van der Waals surface area contributed by atoms with Gasteiger partial charge in [-0.3, -0.25) is 4.79 Å². The number of esters is 1. The molecule has 2 N–H and O–H groups in total. The maximum absolute atomic E-state index is 11.8. The SMILES string of the molecule is CCCOc1ccc(OCCOC(=O)CCc2ccc(S(N)(=O)=O)cc2)cc1. The monoisotopic (exact) mass is 407 g/mol. The van der Waals surface area contributed by atoms with Crippen molar-refractivity contribution >= 4 is 16.0 Å². The van der Waals surface area contributed by atoms with E-state index in [0.29, 0.717) is 18.8 Å². The van der Waals surface area contributed by atoms with Gasteiger partial charge in [0.15, 0.2) is 0 Å². The van der Waals surface area contributed by atoms with Gasteiger partial charge in [-0.2, -0.15) is 0 Å². The van der Waals surface area contributed by atoms with E-state index in [1.54, 1.807) is 24.3 Å². The highest BCUT2D eigenvalue weighted by atomic mass is 32.2. The summed E-state index contributed by atoms with van der Waals surface area (Å²) in [6, 6.07) is 13.4. The van der Waals surface area contributed by atoms with Crippen molar-refractivity contribution in [2.75, 3.05) is 19.8 Å². The average Bonchev–Trinajstić information content (AvgIpc) is 2.68. The number of nitrogens with two attached hydrogens (primary N) is 1. The number of ether oxygens (including phenoxy) is 3. The van der Waals surface area contributed by atoms with E-state index in [-0.39, 0.29) is 30.5 Å². The van der Waals surface area contributed by atoms with Crippen molar-refractivity contribution < 1.29 is 27.4 Å². The molecule has 2 aromatic rings. The number of carbonyl (C=O) groups is 1. The summed E-state index contributed by atoms with van der Waals surface area (Å²) in [4.78, 5) is 11.8. The van der Waals surface area contributed by atoms with Gasteiger partial charge in [-0.25, -0.2) is 13.6 Å². The first kappa shape index (κ1) is 21.7. The first-order valence-electron chi connectivity index (χ1n) is 9.01. The Morgan fingerprint density at radius 3 is 2.00 bits per heavy atom. The second kappa shape index (κ2) is 10.7. The van der Waals surface area contributed by atoms with Gasteiger partial charge in [-0.15, -0.1) is 0 Å². The van der Waals surface area contributed by atoms with Gasteiger partial charge < -0.3 is 14.2 Å². The van der Waals surface area contributed by atoms with E-state index in [1.165, 1.54) is 12.1 Å². The van der Waals surface area contributed by atoms with Gasteiger partial charge in [0.05, 0.1) is 11.5 Å². The fourth-order valence-electron chi connectivity index (χ4n) is 2.33. The molecule has 0 aliphatic heterocycles. The van der Waals surface area contributed by atoms with E-state index < -0.39 is 10.0 Å². The number of primary sulfonamides is 1. The maximum Gasteiger partial charge on any atom is 0.306 e. The summed E-state index contributed by atoms with van der Waals surface area (Å²) in [6.45, 7) is 3.12. The van der Waals surface area contributed by atoms with Gasteiger partial charge in [0.2, 0.25) is 10.0 Å². The molecule has 7 nitrogen and oxygen atoms in total. The molecule has 0 radical (unpaired) electrons. The molecule has 8 heteroatoms. The minimum atomic E-state index is -3.71. The smallest absolute Gasteiger partial charge is 0.306 e. The number of sulfonamides is 1. The number of carbonyl (C=O) groups excluding carboxylic acids is 1. The Hall–Kier alpha value is -2.58. The van der Waals surface area contributed by atoms with Crippen molar-refractivity contribution in [3.05, 3.63) is 54.1 Å². The second-order valence-corrected chi connectivity index (χ2v) is 7.64. The molecule has 0 aliphatic carbocycles. The zero-order valence-corrected chi connectivity index (χ0v) is 16.6. The molecule has 0 spiro atoms. The summed E-state index contributed by atoms with van der Waals surface area (Å²) in [5.41, 5.74) is 0.825. The molecule has 2 rings (SSSR count). The number of benzene rings is 2. The van der Waals surface area contributed by atoms with Crippen LogP contribution in [0.1, 0.15) is 25.3 Å². The molecule has 0 amide bonds. The zero-order chi connectivity index (χ0) is 20.4. The maximum atomic E-state index is 11.8. The van der Waals surface area contributed by atoms with Crippen LogP contribution < -0.4 is 14.6 Å². The predicted molar refractivity (Wildman–Crippen MR) is 105 cm³/mol. The minimum Gasteiger partial charge on any atom is -0.494 e. The Morgan fingerprint density at radius 2 is 1.46 bits per heavy atom. The van der Waals surface area contributed by atoms with Crippen molar-refractivity contribution in [1.82, 2.24) is 0 Å². The summed E-state index contributed by atoms with van der Waals surface area (Å²) < 4.78 is 38.6. The fraction of sp³-hybridized carbons (Fsp3) is 0.350. The molecule has 2 aromatic carbocycles. The normalized spacial score (nSPS) is 11.1. The Bertz CT molecular complexity index is 847. The summed E-state index contributed by atoms with van der Waals surface area (Å²) in [5.74, 6) is 1.12. The first-order valence-corrected chi connectivity index (χ1v) is 10.6. The van der Waals surface area contributed by atoms with E-state index in [9.17, 15) is 13.2 Å². The van der Waals surface area contributed by atoms with Gasteiger partial charge >= 0.3 is 5.97 Å². The number of hydrogen-bond donors (Lipinski definition) is 1. The largest absolute Gasteiger partial charge is 0.494 e. The third kappa shape index (κ3) is 7.58. The van der Waals surface area contributed by atoms with Crippen LogP contribution in [0.3, 0.4) is 0 Å². The second-order valence-electron chi connectivity index (χ2n) is 6.08. The molecule has 0 bridgehead atoms. The number of aryl methyl sites for hydroxylation is 1. The summed E-state index contributed by atoms with van der Waals surface area (Å²) in [5, 5.41) is 5.05. The Labute approximate surface area is 165 Å². The van der Waals surface area contributed by atoms with Crippen LogP contribution in [0.15, 0.2) is 53.4 Å². The molecule has 0 unspecified atom stereocenters. The standard InChI is InChI=1S/C20H25NO6S/c1-2-13-25-17-6-8-18(9-7-17)26-14-15-27-20(22)12-5-16-3-10-19(11-4-16)28(21,23)24/h3-4,6-11H,2,5,12-15H2,1H3,(H2,21,23,24). The molecular weight excluding hydrogens is 382 g/mol. The highest BCUT2D eigenvalue weighted by Crippen LogP contribution is 2.17. The van der Waals surface area contributed by atoms with Gasteiger partial charge in [0.25, 0.3) is 0 Å². The lowest BCUT2D eigenvalue weighted by molar-refractivity contribution is -0.144. The van der Waals surface area contributed by atoms with E-state index in [1.807, 2.05) is 19.1 Å². The molecule has 0 aliphatic rings. The molecular formula is C20H25NO6S. The Morgan fingerprint density at radius 1 is 0.893 bits per heavy atom. The quantitative estimate of drug-likeness (QED) is 0.454. The zero-order valence-electron chi connectivity index (χ0n) is 15.8. The molecule has 0 heterocycles. The lowest BCUT2D eigenvalue weighted by atomic mass is 10.1. The van der Waals surface area contributed by atoms with Gasteiger partial charge in [0.1, 0.15) is 24.7 Å². The van der Waals surface area contributed by atoms with E-state index >= 15 is 0 Å². The van der Waals surface area contributed by atoms with Crippen molar-refractivity contribution in [2.24, 2.45) is 5.14 Å². The third-order valence-corrected chi connectivity index (χ3v) is 4.71. The molecule has 0 saturated carbocycles. The van der Waals surface area contributed by atoms with Crippen LogP contribution in [0.2, 0.25) is 0 Å². The van der Waals surface area contributed by atoms with Crippen LogP contribution in [-0.2, 0) is 26.0 Å². The highest BCUT2D eigenvalue weighted by molar-refractivity contribution is 7.89. The topological polar surface area (TPSA) is 105 Å². The molecule has 0 saturated heterocycles. The summed E-state index contributed by atoms with van der Waals surface area (Å²) in [7, 11) is -3.71. The lowest BCUT2D eigenvalue weighted by Gasteiger charge is -2.09. The Kier molecular flexibility index (Phi) is 8.28. The molecule has 28 heavy (non-hydrogen) atoms. The van der Waals surface area contributed by atoms with Gasteiger partial charge in [-0.1, -0.05) is 19.1 Å². The van der Waals surface area contributed by atoms with E-state index in [4.69, 9.17) is 19.3 Å². The van der Waals surface area contributed by atoms with Crippen LogP contribution in [0.25, 0.3) is 0 Å². The first-order chi connectivity index (χ1) is 13.4. The van der Waals surface area contributed by atoms with Gasteiger partial charge in [0, 0.05) is 6.42 Å². The van der Waals surface area contributed by atoms with E-state index in [0.717, 1.165) is 17.7 Å². The molecule has 0 atom stereocenters. The minimum absolute atomic E-state index is 0.0425. The summed E-state index contributed by atoms with van der Waals surface area (Å²) in [6.07, 6.45) is 1.59. The van der Waals surface area contributed by atoms with Crippen molar-refractivity contribution in [3.8, 4) is 11.5 Å². The van der Waals surface area contributed by atoms with Crippen LogP contribution >= 0.6 is 0 Å². The average molecular weight is 407 g/mol. The van der Waals surface area contributed by atoms with Crippen molar-refractivity contribution in [3.63, 3.8) is 0 Å². The fourth-order valence-corrected chi connectivity index (χ4v) is 2.85. The lowest BCUT2D eigenvalue weighted by Crippen LogP contribution is -2.13. The van der Waals surface area contributed by atoms with Gasteiger partial charge in [-0.05, 0) is 54.8 Å².